The maximum Gasteiger partial charge on any atom is 0.310 e. The van der Waals surface area contributed by atoms with Crippen molar-refractivity contribution in [2.75, 3.05) is 12.3 Å². The zero-order valence-electron chi connectivity index (χ0n) is 8.10. The van der Waals surface area contributed by atoms with E-state index < -0.39 is 17.7 Å². The van der Waals surface area contributed by atoms with E-state index in [1.165, 1.54) is 0 Å². The first-order chi connectivity index (χ1) is 7.04. The molecule has 0 atom stereocenters. The lowest BCUT2D eigenvalue weighted by atomic mass is 10.2. The topological polar surface area (TPSA) is 119 Å². The van der Waals surface area contributed by atoms with Gasteiger partial charge in [-0.2, -0.15) is 9.97 Å². The van der Waals surface area contributed by atoms with Crippen LogP contribution in [0, 0.1) is 0 Å². The summed E-state index contributed by atoms with van der Waals surface area (Å²) in [6.45, 7) is 1.87. The van der Waals surface area contributed by atoms with Crippen molar-refractivity contribution in [3.8, 4) is 11.8 Å². The fraction of sp³-hybridized carbons (Fsp3) is 0.375. The molecule has 1 aromatic rings. The molecular weight excluding hydrogens is 202 g/mol. The van der Waals surface area contributed by atoms with Crippen molar-refractivity contribution in [2.45, 2.75) is 13.3 Å². The molecule has 0 fully saturated rings. The SMILES string of the molecule is CCOC(=O)Cc1c(O)nc(N)nc1O. The molecule has 1 aromatic heterocycles. The van der Waals surface area contributed by atoms with E-state index in [2.05, 4.69) is 14.7 Å². The van der Waals surface area contributed by atoms with E-state index in [-0.39, 0.29) is 24.5 Å². The summed E-state index contributed by atoms with van der Waals surface area (Å²) in [6.07, 6.45) is -0.300. The van der Waals surface area contributed by atoms with Gasteiger partial charge in [-0.15, -0.1) is 0 Å². The van der Waals surface area contributed by atoms with Crippen molar-refractivity contribution in [3.63, 3.8) is 0 Å². The minimum atomic E-state index is -0.587. The van der Waals surface area contributed by atoms with Gasteiger partial charge in [0.25, 0.3) is 0 Å². The number of carbonyl (C=O) groups excluding carboxylic acids is 1. The van der Waals surface area contributed by atoms with Crippen molar-refractivity contribution in [3.05, 3.63) is 5.56 Å². The Morgan fingerprint density at radius 2 is 1.93 bits per heavy atom. The van der Waals surface area contributed by atoms with E-state index in [0.29, 0.717) is 0 Å². The molecule has 0 spiro atoms. The summed E-state index contributed by atoms with van der Waals surface area (Å²) in [4.78, 5) is 17.9. The number of hydrogen-bond acceptors (Lipinski definition) is 7. The summed E-state index contributed by atoms with van der Waals surface area (Å²) in [6, 6.07) is 0. The standard InChI is InChI=1S/C8H11N3O4/c1-2-15-5(12)3-4-6(13)10-8(9)11-7(4)14/h2-3H2,1H3,(H4,9,10,11,13,14). The molecule has 0 aliphatic carbocycles. The van der Waals surface area contributed by atoms with E-state index in [0.717, 1.165) is 0 Å². The Hall–Kier alpha value is -2.05. The van der Waals surface area contributed by atoms with Crippen LogP contribution in [-0.4, -0.2) is 32.8 Å². The second-order valence-electron chi connectivity index (χ2n) is 2.69. The molecule has 7 nitrogen and oxygen atoms in total. The predicted molar refractivity (Wildman–Crippen MR) is 50.1 cm³/mol. The van der Waals surface area contributed by atoms with Gasteiger partial charge in [0, 0.05) is 0 Å². The summed E-state index contributed by atoms with van der Waals surface area (Å²) >= 11 is 0. The number of hydrogen-bond donors (Lipinski definition) is 3. The second-order valence-corrected chi connectivity index (χ2v) is 2.69. The highest BCUT2D eigenvalue weighted by Gasteiger charge is 2.16. The number of carbonyl (C=O) groups is 1. The first-order valence-electron chi connectivity index (χ1n) is 4.24. The van der Waals surface area contributed by atoms with Crippen LogP contribution in [0.15, 0.2) is 0 Å². The molecule has 0 radical (unpaired) electrons. The lowest BCUT2D eigenvalue weighted by molar-refractivity contribution is -0.142. The maximum absolute atomic E-state index is 11.1. The van der Waals surface area contributed by atoms with Crippen LogP contribution in [0.1, 0.15) is 12.5 Å². The van der Waals surface area contributed by atoms with Crippen molar-refractivity contribution in [1.82, 2.24) is 9.97 Å². The van der Waals surface area contributed by atoms with E-state index >= 15 is 0 Å². The molecule has 0 saturated heterocycles. The van der Waals surface area contributed by atoms with E-state index in [1.54, 1.807) is 6.92 Å². The van der Waals surface area contributed by atoms with Gasteiger partial charge in [0.1, 0.15) is 0 Å². The highest BCUT2D eigenvalue weighted by atomic mass is 16.5. The number of rotatable bonds is 3. The summed E-state index contributed by atoms with van der Waals surface area (Å²) < 4.78 is 4.64. The Kier molecular flexibility index (Phi) is 3.27. The molecule has 0 unspecified atom stereocenters. The number of esters is 1. The first-order valence-corrected chi connectivity index (χ1v) is 4.24. The van der Waals surface area contributed by atoms with Gasteiger partial charge in [0.05, 0.1) is 18.6 Å². The molecule has 0 amide bonds. The Labute approximate surface area is 85.5 Å². The average molecular weight is 213 g/mol. The van der Waals surface area contributed by atoms with Crippen molar-refractivity contribution in [2.24, 2.45) is 0 Å². The van der Waals surface area contributed by atoms with E-state index in [4.69, 9.17) is 5.73 Å². The number of nitrogen functional groups attached to an aromatic ring is 1. The first kappa shape index (κ1) is 11.0. The largest absolute Gasteiger partial charge is 0.493 e. The van der Waals surface area contributed by atoms with E-state index in [9.17, 15) is 15.0 Å². The van der Waals surface area contributed by atoms with Crippen LogP contribution in [0.3, 0.4) is 0 Å². The summed E-state index contributed by atoms with van der Waals surface area (Å²) in [7, 11) is 0. The van der Waals surface area contributed by atoms with Crippen LogP contribution in [0.4, 0.5) is 5.95 Å². The van der Waals surface area contributed by atoms with Gasteiger partial charge in [-0.1, -0.05) is 0 Å². The van der Waals surface area contributed by atoms with Gasteiger partial charge in [-0.05, 0) is 6.92 Å². The fourth-order valence-electron chi connectivity index (χ4n) is 0.991. The van der Waals surface area contributed by atoms with E-state index in [1.807, 2.05) is 0 Å². The number of nitrogens with two attached hydrogens (primary N) is 1. The van der Waals surface area contributed by atoms with Gasteiger partial charge >= 0.3 is 5.97 Å². The molecule has 15 heavy (non-hydrogen) atoms. The third-order valence-corrected chi connectivity index (χ3v) is 1.61. The Bertz CT molecular complexity index is 357. The normalized spacial score (nSPS) is 9.93. The molecule has 1 heterocycles. The van der Waals surface area contributed by atoms with Crippen LogP contribution in [0.5, 0.6) is 11.8 Å². The van der Waals surface area contributed by atoms with Crippen LogP contribution in [-0.2, 0) is 16.0 Å². The molecule has 0 aromatic carbocycles. The molecule has 7 heteroatoms. The zero-order valence-corrected chi connectivity index (χ0v) is 8.10. The molecular formula is C8H11N3O4. The summed E-state index contributed by atoms with van der Waals surface area (Å²) in [5.41, 5.74) is 5.06. The molecule has 4 N–H and O–H groups in total. The van der Waals surface area contributed by atoms with Crippen molar-refractivity contribution < 1.29 is 19.7 Å². The summed E-state index contributed by atoms with van der Waals surface area (Å²) in [5, 5.41) is 18.6. The molecule has 82 valence electrons. The smallest absolute Gasteiger partial charge is 0.310 e. The van der Waals surface area contributed by atoms with Gasteiger partial charge < -0.3 is 20.7 Å². The maximum atomic E-state index is 11.1. The molecule has 0 aliphatic rings. The Morgan fingerprint density at radius 3 is 2.40 bits per heavy atom. The van der Waals surface area contributed by atoms with Gasteiger partial charge in [-0.25, -0.2) is 0 Å². The van der Waals surface area contributed by atoms with Gasteiger partial charge in [0.15, 0.2) is 0 Å². The fourth-order valence-corrected chi connectivity index (χ4v) is 0.991. The zero-order chi connectivity index (χ0) is 11.4. The number of nitrogens with zero attached hydrogens (tertiary/aromatic N) is 2. The molecule has 1 rings (SSSR count). The molecule has 0 saturated carbocycles. The number of aromatic nitrogens is 2. The average Bonchev–Trinajstić information content (AvgIpc) is 2.11. The number of aromatic hydroxyl groups is 2. The molecule has 0 bridgehead atoms. The Balaban J connectivity index is 2.90. The highest BCUT2D eigenvalue weighted by molar-refractivity contribution is 5.74. The van der Waals surface area contributed by atoms with Gasteiger partial charge in [0.2, 0.25) is 17.7 Å². The van der Waals surface area contributed by atoms with Crippen LogP contribution in [0.25, 0.3) is 0 Å². The van der Waals surface area contributed by atoms with Crippen LogP contribution >= 0.6 is 0 Å². The third-order valence-electron chi connectivity index (χ3n) is 1.61. The molecule has 0 aliphatic heterocycles. The number of ether oxygens (including phenoxy) is 1. The Morgan fingerprint density at radius 1 is 1.40 bits per heavy atom. The van der Waals surface area contributed by atoms with Crippen LogP contribution in [0.2, 0.25) is 0 Å². The lowest BCUT2D eigenvalue weighted by Crippen LogP contribution is -2.09. The van der Waals surface area contributed by atoms with Gasteiger partial charge in [-0.3, -0.25) is 4.79 Å². The quantitative estimate of drug-likeness (QED) is 0.583. The lowest BCUT2D eigenvalue weighted by Gasteiger charge is -2.05. The monoisotopic (exact) mass is 213 g/mol. The third kappa shape index (κ3) is 2.70. The summed E-state index contributed by atoms with van der Waals surface area (Å²) in [5.74, 6) is -1.89. The number of anilines is 1. The second kappa shape index (κ2) is 4.45. The van der Waals surface area contributed by atoms with Crippen molar-refractivity contribution >= 4 is 11.9 Å². The predicted octanol–water partition coefficient (Wildman–Crippen LogP) is -0.424. The minimum Gasteiger partial charge on any atom is -0.493 e. The minimum absolute atomic E-state index is 0.0948. The highest BCUT2D eigenvalue weighted by Crippen LogP contribution is 2.24. The van der Waals surface area contributed by atoms with Crippen molar-refractivity contribution in [1.29, 1.82) is 0 Å². The van der Waals surface area contributed by atoms with Crippen LogP contribution < -0.4 is 5.73 Å².